The van der Waals surface area contributed by atoms with Crippen molar-refractivity contribution >= 4 is 28.9 Å². The number of benzene rings is 2. The van der Waals surface area contributed by atoms with E-state index >= 15 is 0 Å². The smallest absolute Gasteiger partial charge is 0.338 e. The fraction of sp³-hybridized carbons (Fsp3) is 0.150. The van der Waals surface area contributed by atoms with Crippen molar-refractivity contribution in [3.63, 3.8) is 0 Å². The van der Waals surface area contributed by atoms with Crippen molar-refractivity contribution in [2.24, 2.45) is 0 Å². The Bertz CT molecular complexity index is 1020. The Hall–Kier alpha value is -4.39. The molecule has 154 valence electrons. The van der Waals surface area contributed by atoms with Crippen molar-refractivity contribution in [1.29, 1.82) is 5.26 Å². The highest BCUT2D eigenvalue weighted by molar-refractivity contribution is 6.07. The first kappa shape index (κ1) is 21.9. The summed E-state index contributed by atoms with van der Waals surface area (Å²) in [6.07, 6.45) is 1.16. The van der Waals surface area contributed by atoms with Crippen LogP contribution in [0.2, 0.25) is 0 Å². The molecule has 0 aliphatic rings. The topological polar surface area (TPSA) is 144 Å². The van der Waals surface area contributed by atoms with Gasteiger partial charge in [0, 0.05) is 18.0 Å². The average Bonchev–Trinajstić information content (AvgIpc) is 2.74. The second-order valence-electron chi connectivity index (χ2n) is 5.71. The van der Waals surface area contributed by atoms with Crippen LogP contribution in [0.25, 0.3) is 0 Å². The maximum absolute atomic E-state index is 12.3. The van der Waals surface area contributed by atoms with Crippen molar-refractivity contribution in [1.82, 2.24) is 0 Å². The Balaban J connectivity index is 2.11. The van der Waals surface area contributed by atoms with Gasteiger partial charge in [-0.3, -0.25) is 14.9 Å². The minimum atomic E-state index is -0.685. The standard InChI is InChI=1S/C20H18N4O6/c1-3-30-20(26)13-4-6-15(7-5-13)23-19(25)14(11-21)12-22-17-9-8-16(24(27)28)10-18(17)29-2/h4-10,12,22H,3H2,1-2H3,(H,23,25)/b14-12-. The summed E-state index contributed by atoms with van der Waals surface area (Å²) in [5, 5.41) is 25.4. The van der Waals surface area contributed by atoms with Crippen LogP contribution in [0.4, 0.5) is 17.1 Å². The summed E-state index contributed by atoms with van der Waals surface area (Å²) in [6, 6.07) is 11.6. The number of carbonyl (C=O) groups excluding carboxylic acids is 2. The minimum Gasteiger partial charge on any atom is -0.494 e. The zero-order chi connectivity index (χ0) is 22.1. The number of esters is 1. The number of rotatable bonds is 8. The van der Waals surface area contributed by atoms with Crippen LogP contribution in [0.15, 0.2) is 54.2 Å². The van der Waals surface area contributed by atoms with Gasteiger partial charge in [0.1, 0.15) is 17.4 Å². The fourth-order valence-corrected chi connectivity index (χ4v) is 2.31. The van der Waals surface area contributed by atoms with Crippen molar-refractivity contribution < 1.29 is 24.0 Å². The normalized spacial score (nSPS) is 10.5. The van der Waals surface area contributed by atoms with Gasteiger partial charge in [-0.2, -0.15) is 5.26 Å². The summed E-state index contributed by atoms with van der Waals surface area (Å²) in [7, 11) is 1.34. The summed E-state index contributed by atoms with van der Waals surface area (Å²) in [5.41, 5.74) is 0.637. The number of methoxy groups -OCH3 is 1. The Labute approximate surface area is 171 Å². The van der Waals surface area contributed by atoms with Crippen LogP contribution < -0.4 is 15.4 Å². The number of anilines is 2. The number of nitriles is 1. The molecule has 0 aromatic heterocycles. The Morgan fingerprint density at radius 3 is 2.50 bits per heavy atom. The molecule has 2 aromatic rings. The average molecular weight is 410 g/mol. The highest BCUT2D eigenvalue weighted by atomic mass is 16.6. The Morgan fingerprint density at radius 1 is 1.23 bits per heavy atom. The number of hydrogen-bond donors (Lipinski definition) is 2. The molecule has 0 heterocycles. The first-order valence-electron chi connectivity index (χ1n) is 8.67. The Kier molecular flexibility index (Phi) is 7.47. The largest absolute Gasteiger partial charge is 0.494 e. The number of non-ortho nitro benzene ring substituents is 1. The first-order valence-corrected chi connectivity index (χ1v) is 8.67. The number of nitro benzene ring substituents is 1. The van der Waals surface area contributed by atoms with E-state index in [4.69, 9.17) is 9.47 Å². The van der Waals surface area contributed by atoms with Gasteiger partial charge < -0.3 is 20.1 Å². The van der Waals surface area contributed by atoms with Crippen molar-refractivity contribution in [3.05, 3.63) is 69.9 Å². The van der Waals surface area contributed by atoms with E-state index in [-0.39, 0.29) is 23.6 Å². The van der Waals surface area contributed by atoms with Gasteiger partial charge in [0.2, 0.25) is 0 Å². The molecule has 10 heteroatoms. The van der Waals surface area contributed by atoms with Crippen molar-refractivity contribution in [3.8, 4) is 11.8 Å². The zero-order valence-electron chi connectivity index (χ0n) is 16.2. The number of nitrogens with one attached hydrogen (secondary N) is 2. The van der Waals surface area contributed by atoms with Crippen LogP contribution in [-0.4, -0.2) is 30.5 Å². The Morgan fingerprint density at radius 2 is 1.93 bits per heavy atom. The molecule has 0 spiro atoms. The molecule has 0 fully saturated rings. The summed E-state index contributed by atoms with van der Waals surface area (Å²) in [6.45, 7) is 1.95. The molecule has 30 heavy (non-hydrogen) atoms. The fourth-order valence-electron chi connectivity index (χ4n) is 2.31. The van der Waals surface area contributed by atoms with Crippen molar-refractivity contribution in [2.45, 2.75) is 6.92 Å². The molecule has 0 aliphatic carbocycles. The lowest BCUT2D eigenvalue weighted by Crippen LogP contribution is -2.15. The van der Waals surface area contributed by atoms with Crippen LogP contribution in [0.1, 0.15) is 17.3 Å². The van der Waals surface area contributed by atoms with Crippen LogP contribution >= 0.6 is 0 Å². The third-order valence-corrected chi connectivity index (χ3v) is 3.79. The van der Waals surface area contributed by atoms with E-state index in [1.165, 1.54) is 49.6 Å². The molecule has 10 nitrogen and oxygen atoms in total. The SMILES string of the molecule is CCOC(=O)c1ccc(NC(=O)/C(C#N)=C\Nc2ccc([N+](=O)[O-])cc2OC)cc1. The number of nitro groups is 1. The number of ether oxygens (including phenoxy) is 2. The molecule has 1 amide bonds. The molecule has 2 rings (SSSR count). The lowest BCUT2D eigenvalue weighted by molar-refractivity contribution is -0.384. The zero-order valence-corrected chi connectivity index (χ0v) is 16.2. The molecule has 0 saturated heterocycles. The predicted octanol–water partition coefficient (Wildman–Crippen LogP) is 3.24. The highest BCUT2D eigenvalue weighted by Crippen LogP contribution is 2.29. The molecular weight excluding hydrogens is 392 g/mol. The summed E-state index contributed by atoms with van der Waals surface area (Å²) < 4.78 is 9.97. The summed E-state index contributed by atoms with van der Waals surface area (Å²) in [4.78, 5) is 34.3. The van der Waals surface area contributed by atoms with E-state index < -0.39 is 16.8 Å². The lowest BCUT2D eigenvalue weighted by atomic mass is 10.2. The van der Waals surface area contributed by atoms with Crippen molar-refractivity contribution in [2.75, 3.05) is 24.4 Å². The van der Waals surface area contributed by atoms with Gasteiger partial charge in [0.15, 0.2) is 0 Å². The molecule has 0 bridgehead atoms. The molecular formula is C20H18N4O6. The van der Waals surface area contributed by atoms with Crippen LogP contribution in [0, 0.1) is 21.4 Å². The quantitative estimate of drug-likeness (QED) is 0.222. The van der Waals surface area contributed by atoms with Gasteiger partial charge in [-0.25, -0.2) is 4.79 Å². The third kappa shape index (κ3) is 5.56. The van der Waals surface area contributed by atoms with E-state index in [0.717, 1.165) is 6.20 Å². The van der Waals surface area contributed by atoms with Gasteiger partial charge in [-0.1, -0.05) is 0 Å². The molecule has 0 aliphatic heterocycles. The molecule has 0 unspecified atom stereocenters. The molecule has 2 N–H and O–H groups in total. The maximum Gasteiger partial charge on any atom is 0.338 e. The second-order valence-corrected chi connectivity index (χ2v) is 5.71. The van der Waals surface area contributed by atoms with E-state index in [2.05, 4.69) is 10.6 Å². The van der Waals surface area contributed by atoms with Crippen LogP contribution in [-0.2, 0) is 9.53 Å². The second kappa shape index (κ2) is 10.2. The minimum absolute atomic E-state index is 0.161. The predicted molar refractivity (Wildman–Crippen MR) is 108 cm³/mol. The van der Waals surface area contributed by atoms with Gasteiger partial charge in [-0.05, 0) is 37.3 Å². The monoisotopic (exact) mass is 410 g/mol. The molecule has 2 aromatic carbocycles. The molecule has 0 radical (unpaired) electrons. The molecule has 0 atom stereocenters. The van der Waals surface area contributed by atoms with Crippen LogP contribution in [0.3, 0.4) is 0 Å². The lowest BCUT2D eigenvalue weighted by Gasteiger charge is -2.09. The van der Waals surface area contributed by atoms with E-state index in [9.17, 15) is 25.0 Å². The van der Waals surface area contributed by atoms with E-state index in [1.54, 1.807) is 13.0 Å². The van der Waals surface area contributed by atoms with Gasteiger partial charge >= 0.3 is 5.97 Å². The first-order chi connectivity index (χ1) is 14.4. The molecule has 0 saturated carbocycles. The van der Waals surface area contributed by atoms with E-state index in [1.807, 2.05) is 0 Å². The van der Waals surface area contributed by atoms with Crippen LogP contribution in [0.5, 0.6) is 5.75 Å². The summed E-state index contributed by atoms with van der Waals surface area (Å²) >= 11 is 0. The summed E-state index contributed by atoms with van der Waals surface area (Å²) in [5.74, 6) is -0.989. The van der Waals surface area contributed by atoms with Gasteiger partial charge in [0.25, 0.3) is 11.6 Å². The number of carbonyl (C=O) groups is 2. The van der Waals surface area contributed by atoms with Gasteiger partial charge in [0.05, 0.1) is 36.0 Å². The maximum atomic E-state index is 12.3. The van der Waals surface area contributed by atoms with E-state index in [0.29, 0.717) is 16.9 Å². The number of amides is 1. The number of nitrogens with zero attached hydrogens (tertiary/aromatic N) is 2. The highest BCUT2D eigenvalue weighted by Gasteiger charge is 2.13. The van der Waals surface area contributed by atoms with Gasteiger partial charge in [-0.15, -0.1) is 0 Å². The number of hydrogen-bond acceptors (Lipinski definition) is 8. The third-order valence-electron chi connectivity index (χ3n) is 3.79.